The third kappa shape index (κ3) is 5.83. The van der Waals surface area contributed by atoms with E-state index in [1.165, 1.54) is 42.8 Å². The van der Waals surface area contributed by atoms with Gasteiger partial charge in [-0.1, -0.05) is 19.4 Å². The van der Waals surface area contributed by atoms with Gasteiger partial charge in [-0.15, -0.1) is 0 Å². The Morgan fingerprint density at radius 3 is 2.58 bits per heavy atom. The Morgan fingerprint density at radius 2 is 1.97 bits per heavy atom. The molecule has 2 amide bonds. The lowest BCUT2D eigenvalue weighted by Gasteiger charge is -2.44. The number of pyridine rings is 1. The quantitative estimate of drug-likeness (QED) is 0.549. The van der Waals surface area contributed by atoms with Crippen LogP contribution in [0.5, 0.6) is 5.88 Å². The third-order valence-electron chi connectivity index (χ3n) is 8.47. The summed E-state index contributed by atoms with van der Waals surface area (Å²) in [5, 5.41) is 9.86. The molecule has 1 saturated carbocycles. The van der Waals surface area contributed by atoms with Crippen molar-refractivity contribution in [3.63, 3.8) is 0 Å². The molecule has 38 heavy (non-hydrogen) atoms. The highest BCUT2D eigenvalue weighted by Crippen LogP contribution is 2.41. The molecule has 2 aliphatic heterocycles. The number of aliphatic hydroxyl groups is 1. The number of hydrogen-bond donors (Lipinski definition) is 2. The molecule has 2 atom stereocenters. The van der Waals surface area contributed by atoms with Gasteiger partial charge in [0.15, 0.2) is 0 Å². The summed E-state index contributed by atoms with van der Waals surface area (Å²) in [6.07, 6.45) is 7.14. The summed E-state index contributed by atoms with van der Waals surface area (Å²) in [5.41, 5.74) is 6.86. The van der Waals surface area contributed by atoms with Gasteiger partial charge >= 0.3 is 0 Å². The molecule has 1 aromatic carbocycles. The fourth-order valence-corrected chi connectivity index (χ4v) is 5.97. The van der Waals surface area contributed by atoms with E-state index in [1.807, 2.05) is 0 Å². The van der Waals surface area contributed by atoms with Crippen molar-refractivity contribution in [1.29, 1.82) is 0 Å². The number of carbonyl (C=O) groups excluding carboxylic acids is 2. The van der Waals surface area contributed by atoms with Gasteiger partial charge in [-0.2, -0.15) is 0 Å². The van der Waals surface area contributed by atoms with E-state index in [0.29, 0.717) is 34.9 Å². The third-order valence-corrected chi connectivity index (χ3v) is 8.47. The monoisotopic (exact) mass is 524 g/mol. The maximum atomic E-state index is 15.0. The summed E-state index contributed by atoms with van der Waals surface area (Å²) in [7, 11) is 0. The number of hydrogen-bond acceptors (Lipinski definition) is 6. The first kappa shape index (κ1) is 26.6. The SMILES string of the molecule is CC1(CN2CCC(COc3ccc(-c4ccc(C(=O)N5C[C@H](O)C[C@H]5C(N)=O)cc4F)cn3)CC2)CCC1. The number of rotatable bonds is 8. The van der Waals surface area contributed by atoms with Crippen molar-refractivity contribution in [2.75, 3.05) is 32.8 Å². The van der Waals surface area contributed by atoms with Crippen molar-refractivity contribution in [2.24, 2.45) is 17.1 Å². The summed E-state index contributed by atoms with van der Waals surface area (Å²) in [5.74, 6) is -0.792. The second-order valence-corrected chi connectivity index (χ2v) is 11.5. The average molecular weight is 525 g/mol. The van der Waals surface area contributed by atoms with Crippen molar-refractivity contribution in [1.82, 2.24) is 14.8 Å². The standard InChI is InChI=1S/C29H37FN4O4/c1-29(9-2-10-29)18-33-11-7-19(8-12-33)17-38-26-6-4-21(15-32-26)23-5-3-20(13-24(23)30)28(37)34-16-22(35)14-25(34)27(31)36/h3-6,13,15,19,22,25,35H,2,7-12,14,16-18H2,1H3,(H2,31,36)/t22-,25+/m1/s1. The Balaban J connectivity index is 1.14. The highest BCUT2D eigenvalue weighted by molar-refractivity contribution is 5.98. The van der Waals surface area contributed by atoms with Crippen molar-refractivity contribution >= 4 is 11.8 Å². The first-order chi connectivity index (χ1) is 18.2. The lowest BCUT2D eigenvalue weighted by molar-refractivity contribution is -0.121. The Morgan fingerprint density at radius 1 is 1.21 bits per heavy atom. The van der Waals surface area contributed by atoms with Crippen molar-refractivity contribution in [3.8, 4) is 17.0 Å². The molecule has 9 heteroatoms. The van der Waals surface area contributed by atoms with Crippen LogP contribution in [0.1, 0.15) is 55.8 Å². The number of nitrogens with zero attached hydrogens (tertiary/aromatic N) is 3. The van der Waals surface area contributed by atoms with E-state index in [1.54, 1.807) is 18.3 Å². The Hall–Kier alpha value is -3.04. The zero-order valence-electron chi connectivity index (χ0n) is 21.9. The van der Waals surface area contributed by atoms with Crippen LogP contribution in [0, 0.1) is 17.2 Å². The second kappa shape index (κ2) is 11.0. The van der Waals surface area contributed by atoms with E-state index < -0.39 is 29.8 Å². The van der Waals surface area contributed by atoms with Crippen LogP contribution in [0.4, 0.5) is 4.39 Å². The molecule has 0 spiro atoms. The van der Waals surface area contributed by atoms with Crippen molar-refractivity contribution in [3.05, 3.63) is 47.9 Å². The van der Waals surface area contributed by atoms with E-state index in [2.05, 4.69) is 16.8 Å². The average Bonchev–Trinajstić information content (AvgIpc) is 3.29. The molecule has 204 valence electrons. The molecule has 1 aromatic heterocycles. The Bertz CT molecular complexity index is 1160. The van der Waals surface area contributed by atoms with Crippen LogP contribution in [-0.2, 0) is 4.79 Å². The molecule has 3 aliphatic rings. The second-order valence-electron chi connectivity index (χ2n) is 11.5. The van der Waals surface area contributed by atoms with Gasteiger partial charge in [0.25, 0.3) is 5.91 Å². The van der Waals surface area contributed by atoms with Gasteiger partial charge in [0.05, 0.1) is 12.7 Å². The Labute approximate surface area is 223 Å². The van der Waals surface area contributed by atoms with Gasteiger partial charge in [-0.3, -0.25) is 9.59 Å². The van der Waals surface area contributed by atoms with Crippen molar-refractivity contribution < 1.29 is 23.8 Å². The number of aromatic nitrogens is 1. The molecule has 2 aromatic rings. The fraction of sp³-hybridized carbons (Fsp3) is 0.552. The molecule has 0 radical (unpaired) electrons. The minimum atomic E-state index is -0.902. The summed E-state index contributed by atoms with van der Waals surface area (Å²) >= 11 is 0. The van der Waals surface area contributed by atoms with Gasteiger partial charge in [0.2, 0.25) is 11.8 Å². The zero-order chi connectivity index (χ0) is 26.9. The molecule has 1 aliphatic carbocycles. The van der Waals surface area contributed by atoms with E-state index >= 15 is 0 Å². The molecule has 2 saturated heterocycles. The van der Waals surface area contributed by atoms with Gasteiger partial charge < -0.3 is 25.4 Å². The summed E-state index contributed by atoms with van der Waals surface area (Å²) in [4.78, 5) is 32.7. The molecule has 3 N–H and O–H groups in total. The number of aliphatic hydroxyl groups excluding tert-OH is 1. The van der Waals surface area contributed by atoms with E-state index in [9.17, 15) is 19.1 Å². The molecule has 0 unspecified atom stereocenters. The lowest BCUT2D eigenvalue weighted by Crippen LogP contribution is -2.44. The largest absolute Gasteiger partial charge is 0.477 e. The normalized spacial score (nSPS) is 23.7. The highest BCUT2D eigenvalue weighted by atomic mass is 19.1. The number of primary amides is 1. The summed E-state index contributed by atoms with van der Waals surface area (Å²) in [6, 6.07) is 6.76. The number of likely N-dealkylation sites (tertiary alicyclic amines) is 2. The number of piperidine rings is 1. The smallest absolute Gasteiger partial charge is 0.254 e. The molecule has 3 fully saturated rings. The van der Waals surface area contributed by atoms with Crippen LogP contribution in [0.15, 0.2) is 36.5 Å². The van der Waals surface area contributed by atoms with Crippen LogP contribution < -0.4 is 10.5 Å². The first-order valence-corrected chi connectivity index (χ1v) is 13.6. The predicted molar refractivity (Wildman–Crippen MR) is 141 cm³/mol. The predicted octanol–water partition coefficient (Wildman–Crippen LogP) is 3.23. The van der Waals surface area contributed by atoms with Crippen molar-refractivity contribution in [2.45, 2.75) is 57.6 Å². The fourth-order valence-electron chi connectivity index (χ4n) is 5.97. The Kier molecular flexibility index (Phi) is 7.68. The number of nitrogens with two attached hydrogens (primary N) is 1. The molecular formula is C29H37FN4O4. The number of carbonyl (C=O) groups is 2. The minimum Gasteiger partial charge on any atom is -0.477 e. The number of benzene rings is 1. The van der Waals surface area contributed by atoms with E-state index in [4.69, 9.17) is 10.5 Å². The van der Waals surface area contributed by atoms with Gasteiger partial charge in [-0.25, -0.2) is 9.37 Å². The topological polar surface area (TPSA) is 109 Å². The number of amides is 2. The molecule has 3 heterocycles. The van der Waals surface area contributed by atoms with Crippen LogP contribution in [0.25, 0.3) is 11.1 Å². The highest BCUT2D eigenvalue weighted by Gasteiger charge is 2.38. The molecule has 0 bridgehead atoms. The molecular weight excluding hydrogens is 487 g/mol. The summed E-state index contributed by atoms with van der Waals surface area (Å²) in [6.45, 7) is 6.47. The first-order valence-electron chi connectivity index (χ1n) is 13.6. The van der Waals surface area contributed by atoms with Crippen LogP contribution in [-0.4, -0.2) is 76.6 Å². The maximum Gasteiger partial charge on any atom is 0.254 e. The van der Waals surface area contributed by atoms with Crippen LogP contribution >= 0.6 is 0 Å². The summed E-state index contributed by atoms with van der Waals surface area (Å²) < 4.78 is 20.9. The minimum absolute atomic E-state index is 0.0141. The van der Waals surface area contributed by atoms with Gasteiger partial charge in [0, 0.05) is 48.5 Å². The van der Waals surface area contributed by atoms with Crippen LogP contribution in [0.2, 0.25) is 0 Å². The van der Waals surface area contributed by atoms with Crippen LogP contribution in [0.3, 0.4) is 0 Å². The molecule has 8 nitrogen and oxygen atoms in total. The van der Waals surface area contributed by atoms with E-state index in [-0.39, 0.29) is 18.5 Å². The molecule has 5 rings (SSSR count). The number of β-amino-alcohol motifs (C(OH)–C–C–N with tert-alkyl or cyclic N) is 1. The van der Waals surface area contributed by atoms with E-state index in [0.717, 1.165) is 32.0 Å². The lowest BCUT2D eigenvalue weighted by atomic mass is 9.70. The maximum absolute atomic E-state index is 15.0. The number of ether oxygens (including phenoxy) is 1. The van der Waals surface area contributed by atoms with Gasteiger partial charge in [0.1, 0.15) is 11.9 Å². The number of halogens is 1. The van der Waals surface area contributed by atoms with Gasteiger partial charge in [-0.05, 0) is 68.3 Å². The zero-order valence-corrected chi connectivity index (χ0v) is 21.9.